The minimum Gasteiger partial charge on any atom is -0.497 e. The smallest absolute Gasteiger partial charge is 0.224 e. The number of hydrogen-bond donors (Lipinski definition) is 1. The lowest BCUT2D eigenvalue weighted by Crippen LogP contribution is -2.12. The highest BCUT2D eigenvalue weighted by atomic mass is 16.5. The molecular formula is C19H19N3O2. The van der Waals surface area contributed by atoms with Gasteiger partial charge in [0, 0.05) is 24.5 Å². The lowest BCUT2D eigenvalue weighted by molar-refractivity contribution is -0.116. The summed E-state index contributed by atoms with van der Waals surface area (Å²) >= 11 is 0. The van der Waals surface area contributed by atoms with Gasteiger partial charge in [-0.15, -0.1) is 0 Å². The van der Waals surface area contributed by atoms with Crippen LogP contribution in [0.15, 0.2) is 67.0 Å². The molecule has 3 aromatic rings. The summed E-state index contributed by atoms with van der Waals surface area (Å²) in [6.45, 7) is 0. The van der Waals surface area contributed by atoms with Crippen molar-refractivity contribution < 1.29 is 9.53 Å². The Morgan fingerprint density at radius 1 is 1.17 bits per heavy atom. The van der Waals surface area contributed by atoms with Crippen molar-refractivity contribution in [3.63, 3.8) is 0 Å². The van der Waals surface area contributed by atoms with Gasteiger partial charge in [-0.1, -0.05) is 12.1 Å². The fraction of sp³-hybridized carbons (Fsp3) is 0.158. The molecule has 0 aliphatic carbocycles. The second-order valence-electron chi connectivity index (χ2n) is 5.40. The molecule has 3 rings (SSSR count). The molecule has 0 saturated carbocycles. The van der Waals surface area contributed by atoms with Crippen LogP contribution in [0.25, 0.3) is 5.69 Å². The minimum atomic E-state index is -0.00957. The SMILES string of the molecule is COc1cccc(CCC(=O)Nc2ccc(-n3cccn3)cc2)c1. The number of carbonyl (C=O) groups is 1. The summed E-state index contributed by atoms with van der Waals surface area (Å²) in [7, 11) is 1.64. The topological polar surface area (TPSA) is 56.1 Å². The van der Waals surface area contributed by atoms with E-state index in [0.29, 0.717) is 12.8 Å². The van der Waals surface area contributed by atoms with Gasteiger partial charge in [0.15, 0.2) is 0 Å². The molecule has 0 atom stereocenters. The number of aromatic nitrogens is 2. The molecule has 0 saturated heterocycles. The van der Waals surface area contributed by atoms with Crippen molar-refractivity contribution >= 4 is 11.6 Å². The Morgan fingerprint density at radius 3 is 2.71 bits per heavy atom. The summed E-state index contributed by atoms with van der Waals surface area (Å²) in [4.78, 5) is 12.1. The van der Waals surface area contributed by atoms with E-state index in [1.807, 2.05) is 60.8 Å². The lowest BCUT2D eigenvalue weighted by atomic mass is 10.1. The van der Waals surface area contributed by atoms with E-state index in [1.165, 1.54) is 0 Å². The number of aryl methyl sites for hydroxylation is 1. The Morgan fingerprint density at radius 2 is 2.00 bits per heavy atom. The van der Waals surface area contributed by atoms with Gasteiger partial charge in [0.2, 0.25) is 5.91 Å². The second kappa shape index (κ2) is 7.46. The van der Waals surface area contributed by atoms with Crippen LogP contribution in [-0.4, -0.2) is 22.8 Å². The van der Waals surface area contributed by atoms with Gasteiger partial charge >= 0.3 is 0 Å². The van der Waals surface area contributed by atoms with Gasteiger partial charge in [-0.25, -0.2) is 4.68 Å². The minimum absolute atomic E-state index is 0.00957. The number of rotatable bonds is 6. The fourth-order valence-corrected chi connectivity index (χ4v) is 2.43. The number of nitrogens with zero attached hydrogens (tertiary/aromatic N) is 2. The molecule has 1 heterocycles. The monoisotopic (exact) mass is 321 g/mol. The van der Waals surface area contributed by atoms with E-state index in [4.69, 9.17) is 4.74 Å². The Kier molecular flexibility index (Phi) is 4.91. The normalized spacial score (nSPS) is 10.4. The molecule has 1 N–H and O–H groups in total. The molecule has 0 aliphatic rings. The van der Waals surface area contributed by atoms with E-state index in [0.717, 1.165) is 22.7 Å². The lowest BCUT2D eigenvalue weighted by Gasteiger charge is -2.07. The van der Waals surface area contributed by atoms with Crippen molar-refractivity contribution in [3.05, 3.63) is 72.6 Å². The number of nitrogens with one attached hydrogen (secondary N) is 1. The Hall–Kier alpha value is -3.08. The maximum atomic E-state index is 12.1. The highest BCUT2D eigenvalue weighted by Gasteiger charge is 2.05. The van der Waals surface area contributed by atoms with Crippen molar-refractivity contribution in [1.29, 1.82) is 0 Å². The number of benzene rings is 2. The molecule has 24 heavy (non-hydrogen) atoms. The summed E-state index contributed by atoms with van der Waals surface area (Å²) in [5.74, 6) is 0.798. The summed E-state index contributed by atoms with van der Waals surface area (Å²) in [5.41, 5.74) is 2.81. The number of amides is 1. The first-order valence-electron chi connectivity index (χ1n) is 7.77. The summed E-state index contributed by atoms with van der Waals surface area (Å²) < 4.78 is 6.96. The van der Waals surface area contributed by atoms with Crippen LogP contribution in [0.2, 0.25) is 0 Å². The van der Waals surface area contributed by atoms with Gasteiger partial charge in [-0.3, -0.25) is 4.79 Å². The largest absolute Gasteiger partial charge is 0.497 e. The van der Waals surface area contributed by atoms with Gasteiger partial charge < -0.3 is 10.1 Å². The average Bonchev–Trinajstić information content (AvgIpc) is 3.15. The highest BCUT2D eigenvalue weighted by molar-refractivity contribution is 5.90. The molecule has 0 bridgehead atoms. The molecule has 5 heteroatoms. The van der Waals surface area contributed by atoms with Crippen molar-refractivity contribution in [2.45, 2.75) is 12.8 Å². The van der Waals surface area contributed by atoms with Gasteiger partial charge in [-0.2, -0.15) is 5.10 Å². The van der Waals surface area contributed by atoms with Crippen LogP contribution in [0.3, 0.4) is 0 Å². The van der Waals surface area contributed by atoms with E-state index in [2.05, 4.69) is 10.4 Å². The molecule has 0 fully saturated rings. The van der Waals surface area contributed by atoms with E-state index >= 15 is 0 Å². The van der Waals surface area contributed by atoms with Crippen LogP contribution in [0.5, 0.6) is 5.75 Å². The Bertz CT molecular complexity index is 796. The van der Waals surface area contributed by atoms with Crippen LogP contribution in [-0.2, 0) is 11.2 Å². The zero-order valence-electron chi connectivity index (χ0n) is 13.5. The van der Waals surface area contributed by atoms with Crippen molar-refractivity contribution in [3.8, 4) is 11.4 Å². The summed E-state index contributed by atoms with van der Waals surface area (Å²) in [6, 6.07) is 17.2. The summed E-state index contributed by atoms with van der Waals surface area (Å²) in [5, 5.41) is 7.09. The first-order chi connectivity index (χ1) is 11.7. The quantitative estimate of drug-likeness (QED) is 0.756. The third-order valence-corrected chi connectivity index (χ3v) is 3.69. The zero-order chi connectivity index (χ0) is 16.8. The van der Waals surface area contributed by atoms with E-state index in [1.54, 1.807) is 18.0 Å². The first kappa shape index (κ1) is 15.8. The molecule has 5 nitrogen and oxygen atoms in total. The third-order valence-electron chi connectivity index (χ3n) is 3.69. The van der Waals surface area contributed by atoms with E-state index < -0.39 is 0 Å². The third kappa shape index (κ3) is 4.01. The first-order valence-corrected chi connectivity index (χ1v) is 7.77. The van der Waals surface area contributed by atoms with E-state index in [9.17, 15) is 4.79 Å². The van der Waals surface area contributed by atoms with Gasteiger partial charge in [-0.05, 0) is 54.4 Å². The molecule has 0 spiro atoms. The fourth-order valence-electron chi connectivity index (χ4n) is 2.43. The highest BCUT2D eigenvalue weighted by Crippen LogP contribution is 2.15. The molecule has 1 aromatic heterocycles. The number of methoxy groups -OCH3 is 1. The second-order valence-corrected chi connectivity index (χ2v) is 5.40. The average molecular weight is 321 g/mol. The molecule has 0 radical (unpaired) electrons. The molecule has 2 aromatic carbocycles. The molecule has 122 valence electrons. The standard InChI is InChI=1S/C19H19N3O2/c1-24-18-5-2-4-15(14-18)6-11-19(23)21-16-7-9-17(10-8-16)22-13-3-12-20-22/h2-5,7-10,12-14H,6,11H2,1H3,(H,21,23). The van der Waals surface area contributed by atoms with Crippen LogP contribution in [0, 0.1) is 0 Å². The predicted molar refractivity (Wildman–Crippen MR) is 93.5 cm³/mol. The van der Waals surface area contributed by atoms with Crippen LogP contribution >= 0.6 is 0 Å². The Balaban J connectivity index is 1.54. The van der Waals surface area contributed by atoms with Crippen molar-refractivity contribution in [2.75, 3.05) is 12.4 Å². The number of anilines is 1. The number of ether oxygens (including phenoxy) is 1. The Labute approximate surface area is 140 Å². The maximum absolute atomic E-state index is 12.1. The predicted octanol–water partition coefficient (Wildman–Crippen LogP) is 3.45. The zero-order valence-corrected chi connectivity index (χ0v) is 13.5. The maximum Gasteiger partial charge on any atom is 0.224 e. The van der Waals surface area contributed by atoms with Gasteiger partial charge in [0.1, 0.15) is 5.75 Å². The molecule has 0 aliphatic heterocycles. The van der Waals surface area contributed by atoms with Crippen LogP contribution in [0.1, 0.15) is 12.0 Å². The van der Waals surface area contributed by atoms with Gasteiger partial charge in [0.05, 0.1) is 12.8 Å². The van der Waals surface area contributed by atoms with Crippen LogP contribution in [0.4, 0.5) is 5.69 Å². The van der Waals surface area contributed by atoms with Gasteiger partial charge in [0.25, 0.3) is 0 Å². The molecule has 1 amide bonds. The van der Waals surface area contributed by atoms with E-state index in [-0.39, 0.29) is 5.91 Å². The molecule has 0 unspecified atom stereocenters. The van der Waals surface area contributed by atoms with Crippen LogP contribution < -0.4 is 10.1 Å². The van der Waals surface area contributed by atoms with Crippen molar-refractivity contribution in [2.24, 2.45) is 0 Å². The number of carbonyl (C=O) groups excluding carboxylic acids is 1. The summed E-state index contributed by atoms with van der Waals surface area (Å²) in [6.07, 6.45) is 4.71. The number of hydrogen-bond acceptors (Lipinski definition) is 3. The van der Waals surface area contributed by atoms with Crippen molar-refractivity contribution in [1.82, 2.24) is 9.78 Å². The molecular weight excluding hydrogens is 302 g/mol.